The summed E-state index contributed by atoms with van der Waals surface area (Å²) in [6.07, 6.45) is 2.16. The van der Waals surface area contributed by atoms with Crippen molar-refractivity contribution in [3.05, 3.63) is 30.3 Å². The molecule has 8 heteroatoms. The van der Waals surface area contributed by atoms with Crippen molar-refractivity contribution in [3.8, 4) is 0 Å². The molecule has 0 radical (unpaired) electrons. The summed E-state index contributed by atoms with van der Waals surface area (Å²) in [7, 11) is -4.00. The topological polar surface area (TPSA) is 144 Å². The van der Waals surface area contributed by atoms with Crippen LogP contribution in [0.1, 0.15) is 19.3 Å². The molecule has 0 aromatic heterocycles. The minimum absolute atomic E-state index is 0.0741. The van der Waals surface area contributed by atoms with Gasteiger partial charge in [-0.3, -0.25) is 9.35 Å². The van der Waals surface area contributed by atoms with E-state index in [4.69, 9.17) is 21.1 Å². The Balaban J connectivity index is 0.000000361. The third-order valence-electron chi connectivity index (χ3n) is 2.33. The largest absolute Gasteiger partial charge is 0.480 e. The standard InChI is InChI=1S/C6H14N2O2.C6H6O3S/c7-4-2-1-3-5(8)6(9)10;7-10(8,9)6-4-2-1-3-5-6/h5H,1-4,7-8H2,(H,9,10);1-5H,(H,7,8,9). The molecule has 0 spiro atoms. The second-order valence-electron chi connectivity index (χ2n) is 4.02. The Kier molecular flexibility index (Phi) is 8.73. The van der Waals surface area contributed by atoms with Crippen LogP contribution in [-0.2, 0) is 14.9 Å². The highest BCUT2D eigenvalue weighted by Gasteiger charge is 2.09. The molecule has 0 bridgehead atoms. The van der Waals surface area contributed by atoms with Gasteiger partial charge in [0.05, 0.1) is 4.90 Å². The smallest absolute Gasteiger partial charge is 0.320 e. The number of rotatable bonds is 6. The molecule has 0 amide bonds. The average molecular weight is 304 g/mol. The van der Waals surface area contributed by atoms with Crippen molar-refractivity contribution in [2.24, 2.45) is 11.5 Å². The summed E-state index contributed by atoms with van der Waals surface area (Å²) in [5, 5.41) is 8.33. The molecular weight excluding hydrogens is 284 g/mol. The molecule has 1 aromatic rings. The van der Waals surface area contributed by atoms with Crippen molar-refractivity contribution in [1.29, 1.82) is 0 Å². The number of benzene rings is 1. The van der Waals surface area contributed by atoms with Crippen LogP contribution in [0.2, 0.25) is 0 Å². The van der Waals surface area contributed by atoms with Crippen LogP contribution in [0.4, 0.5) is 0 Å². The predicted octanol–water partition coefficient (Wildman–Crippen LogP) is 0.461. The van der Waals surface area contributed by atoms with Crippen molar-refractivity contribution in [3.63, 3.8) is 0 Å². The summed E-state index contributed by atoms with van der Waals surface area (Å²) in [5.74, 6) is -0.933. The molecule has 7 nitrogen and oxygen atoms in total. The van der Waals surface area contributed by atoms with Crippen LogP contribution in [0.3, 0.4) is 0 Å². The van der Waals surface area contributed by atoms with E-state index < -0.39 is 22.1 Å². The van der Waals surface area contributed by atoms with Crippen molar-refractivity contribution >= 4 is 16.1 Å². The van der Waals surface area contributed by atoms with Crippen LogP contribution in [-0.4, -0.2) is 36.6 Å². The fourth-order valence-electron chi connectivity index (χ4n) is 1.22. The van der Waals surface area contributed by atoms with Gasteiger partial charge in [0.15, 0.2) is 0 Å². The highest BCUT2D eigenvalue weighted by Crippen LogP contribution is 2.05. The van der Waals surface area contributed by atoms with E-state index in [1.54, 1.807) is 18.2 Å². The molecule has 20 heavy (non-hydrogen) atoms. The van der Waals surface area contributed by atoms with E-state index in [1.807, 2.05) is 0 Å². The second-order valence-corrected chi connectivity index (χ2v) is 5.44. The Morgan fingerprint density at radius 1 is 1.20 bits per heavy atom. The maximum atomic E-state index is 10.4. The molecule has 0 aliphatic heterocycles. The molecule has 0 heterocycles. The molecule has 0 fully saturated rings. The molecule has 1 rings (SSSR count). The van der Waals surface area contributed by atoms with Gasteiger partial charge in [-0.1, -0.05) is 24.6 Å². The maximum Gasteiger partial charge on any atom is 0.320 e. The van der Waals surface area contributed by atoms with E-state index in [9.17, 15) is 13.2 Å². The lowest BCUT2D eigenvalue weighted by atomic mass is 10.1. The maximum absolute atomic E-state index is 10.4. The molecule has 1 aromatic carbocycles. The van der Waals surface area contributed by atoms with Crippen molar-refractivity contribution in [2.75, 3.05) is 6.54 Å². The summed E-state index contributed by atoms with van der Waals surface area (Å²) >= 11 is 0. The fourth-order valence-corrected chi connectivity index (χ4v) is 1.73. The molecule has 1 unspecified atom stereocenters. The Bertz CT molecular complexity index is 490. The molecular formula is C12H20N2O5S. The molecule has 6 N–H and O–H groups in total. The fraction of sp³-hybridized carbons (Fsp3) is 0.417. The van der Waals surface area contributed by atoms with E-state index in [1.165, 1.54) is 12.1 Å². The Morgan fingerprint density at radius 3 is 2.10 bits per heavy atom. The van der Waals surface area contributed by atoms with Gasteiger partial charge in [-0.05, 0) is 31.5 Å². The minimum Gasteiger partial charge on any atom is -0.480 e. The van der Waals surface area contributed by atoms with Crippen LogP contribution in [0.5, 0.6) is 0 Å². The summed E-state index contributed by atoms with van der Waals surface area (Å²) in [6, 6.07) is 6.71. The summed E-state index contributed by atoms with van der Waals surface area (Å²) in [4.78, 5) is 10.1. The summed E-state index contributed by atoms with van der Waals surface area (Å²) in [6.45, 7) is 0.604. The minimum atomic E-state index is -4.00. The van der Waals surface area contributed by atoms with Crippen LogP contribution in [0.15, 0.2) is 35.2 Å². The van der Waals surface area contributed by atoms with Gasteiger partial charge in [0, 0.05) is 0 Å². The quantitative estimate of drug-likeness (QED) is 0.441. The van der Waals surface area contributed by atoms with Gasteiger partial charge in [-0.2, -0.15) is 8.42 Å². The van der Waals surface area contributed by atoms with Crippen LogP contribution < -0.4 is 11.5 Å². The molecule has 0 saturated heterocycles. The Labute approximate surface area is 118 Å². The zero-order valence-corrected chi connectivity index (χ0v) is 11.8. The van der Waals surface area contributed by atoms with Gasteiger partial charge in [0.2, 0.25) is 0 Å². The zero-order chi connectivity index (χ0) is 15.6. The molecule has 0 aliphatic carbocycles. The van der Waals surface area contributed by atoms with Crippen LogP contribution in [0, 0.1) is 0 Å². The van der Waals surface area contributed by atoms with Gasteiger partial charge >= 0.3 is 5.97 Å². The van der Waals surface area contributed by atoms with Crippen LogP contribution in [0.25, 0.3) is 0 Å². The number of carbonyl (C=O) groups is 1. The first-order valence-electron chi connectivity index (χ1n) is 6.00. The SMILES string of the molecule is NCCCCC(N)C(=O)O.O=S(=O)(O)c1ccccc1. The lowest BCUT2D eigenvalue weighted by Gasteiger charge is -2.03. The normalized spacial score (nSPS) is 12.2. The third kappa shape index (κ3) is 8.59. The number of unbranched alkanes of at least 4 members (excludes halogenated alkanes) is 1. The number of nitrogens with two attached hydrogens (primary N) is 2. The lowest BCUT2D eigenvalue weighted by Crippen LogP contribution is -2.29. The first-order valence-corrected chi connectivity index (χ1v) is 7.44. The second kappa shape index (κ2) is 9.43. The molecule has 0 aliphatic rings. The van der Waals surface area contributed by atoms with Gasteiger partial charge in [-0.25, -0.2) is 0 Å². The average Bonchev–Trinajstić information content (AvgIpc) is 2.39. The van der Waals surface area contributed by atoms with Gasteiger partial charge in [-0.15, -0.1) is 0 Å². The first-order chi connectivity index (χ1) is 9.29. The van der Waals surface area contributed by atoms with E-state index in [-0.39, 0.29) is 4.90 Å². The number of hydrogen-bond acceptors (Lipinski definition) is 5. The van der Waals surface area contributed by atoms with Gasteiger partial charge < -0.3 is 16.6 Å². The van der Waals surface area contributed by atoms with Gasteiger partial charge in [0.25, 0.3) is 10.1 Å². The highest BCUT2D eigenvalue weighted by atomic mass is 32.2. The number of hydrogen-bond donors (Lipinski definition) is 4. The summed E-state index contributed by atoms with van der Waals surface area (Å²) in [5.41, 5.74) is 10.4. The number of carboxylic acid groups (broad SMARTS) is 1. The zero-order valence-electron chi connectivity index (χ0n) is 11.0. The Morgan fingerprint density at radius 2 is 1.75 bits per heavy atom. The van der Waals surface area contributed by atoms with E-state index in [2.05, 4.69) is 0 Å². The third-order valence-corrected chi connectivity index (χ3v) is 3.20. The Hall–Kier alpha value is -1.48. The van der Waals surface area contributed by atoms with E-state index in [0.29, 0.717) is 13.0 Å². The number of carboxylic acids is 1. The van der Waals surface area contributed by atoms with E-state index in [0.717, 1.165) is 12.8 Å². The highest BCUT2D eigenvalue weighted by molar-refractivity contribution is 7.85. The van der Waals surface area contributed by atoms with E-state index >= 15 is 0 Å². The number of aliphatic carboxylic acids is 1. The van der Waals surface area contributed by atoms with Crippen molar-refractivity contribution in [2.45, 2.75) is 30.2 Å². The lowest BCUT2D eigenvalue weighted by molar-refractivity contribution is -0.138. The molecule has 114 valence electrons. The van der Waals surface area contributed by atoms with Crippen LogP contribution >= 0.6 is 0 Å². The van der Waals surface area contributed by atoms with Crippen molar-refractivity contribution in [1.82, 2.24) is 0 Å². The van der Waals surface area contributed by atoms with Crippen molar-refractivity contribution < 1.29 is 22.9 Å². The molecule has 1 atom stereocenters. The first kappa shape index (κ1) is 18.5. The summed E-state index contributed by atoms with van der Waals surface area (Å²) < 4.78 is 29.2. The predicted molar refractivity (Wildman–Crippen MR) is 74.8 cm³/mol. The monoisotopic (exact) mass is 304 g/mol. The molecule has 0 saturated carbocycles. The van der Waals surface area contributed by atoms with Gasteiger partial charge in [0.1, 0.15) is 6.04 Å².